The summed E-state index contributed by atoms with van der Waals surface area (Å²) in [6.45, 7) is 3.01. The predicted molar refractivity (Wildman–Crippen MR) is 29.8 cm³/mol. The van der Waals surface area contributed by atoms with Crippen molar-refractivity contribution in [1.82, 2.24) is 4.73 Å². The first-order chi connectivity index (χ1) is 3.31. The van der Waals surface area contributed by atoms with E-state index < -0.39 is 0 Å². The lowest BCUT2D eigenvalue weighted by molar-refractivity contribution is -0.0479. The topological polar surface area (TPSA) is 12.5 Å². The molecule has 0 fully saturated rings. The maximum absolute atomic E-state index is 4.74. The van der Waals surface area contributed by atoms with Crippen molar-refractivity contribution in [1.29, 1.82) is 0 Å². The quantitative estimate of drug-likeness (QED) is 0.389. The Labute approximate surface area is 47.9 Å². The summed E-state index contributed by atoms with van der Waals surface area (Å²) in [7, 11) is 4.82. The van der Waals surface area contributed by atoms with E-state index in [4.69, 9.17) is 4.84 Å². The van der Waals surface area contributed by atoms with Crippen LogP contribution in [0.5, 0.6) is 0 Å². The van der Waals surface area contributed by atoms with Gasteiger partial charge in [-0.1, -0.05) is 6.92 Å². The minimum Gasteiger partial charge on any atom is -0.310 e. The highest BCUT2D eigenvalue weighted by atomic mass is 28.2. The van der Waals surface area contributed by atoms with Gasteiger partial charge in [-0.05, 0) is 6.42 Å². The maximum Gasteiger partial charge on any atom is 0.184 e. The van der Waals surface area contributed by atoms with E-state index >= 15 is 0 Å². The van der Waals surface area contributed by atoms with Crippen molar-refractivity contribution < 1.29 is 4.84 Å². The van der Waals surface area contributed by atoms with E-state index in [0.29, 0.717) is 0 Å². The standard InChI is InChI=1S/C4H10NOSi/c1-3-4-5(7)6-2/h3-4H2,1-2H3. The van der Waals surface area contributed by atoms with E-state index in [1.165, 1.54) is 0 Å². The molecule has 3 radical (unpaired) electrons. The summed E-state index contributed by atoms with van der Waals surface area (Å²) in [5, 5.41) is 0. The van der Waals surface area contributed by atoms with E-state index in [1.54, 1.807) is 11.8 Å². The molecule has 0 aliphatic heterocycles. The van der Waals surface area contributed by atoms with Crippen LogP contribution in [0.15, 0.2) is 0 Å². The lowest BCUT2D eigenvalue weighted by Gasteiger charge is -2.09. The number of hydrogen-bond donors (Lipinski definition) is 0. The highest BCUT2D eigenvalue weighted by Crippen LogP contribution is 1.81. The fraction of sp³-hybridized carbons (Fsp3) is 1.00. The monoisotopic (exact) mass is 116 g/mol. The molecule has 0 unspecified atom stereocenters. The number of rotatable bonds is 3. The van der Waals surface area contributed by atoms with Crippen molar-refractivity contribution in [3.05, 3.63) is 0 Å². The molecular formula is C4H10NOSi. The number of hydrogen-bond acceptors (Lipinski definition) is 2. The molecular weight excluding hydrogens is 106 g/mol. The van der Waals surface area contributed by atoms with Gasteiger partial charge in [-0.25, -0.2) is 4.73 Å². The van der Waals surface area contributed by atoms with Crippen LogP contribution >= 0.6 is 0 Å². The van der Waals surface area contributed by atoms with Crippen LogP contribution in [-0.2, 0) is 4.84 Å². The van der Waals surface area contributed by atoms with Gasteiger partial charge in [0, 0.05) is 6.54 Å². The summed E-state index contributed by atoms with van der Waals surface area (Å²) in [5.74, 6) is 0. The van der Waals surface area contributed by atoms with Crippen molar-refractivity contribution in [3.8, 4) is 0 Å². The smallest absolute Gasteiger partial charge is 0.184 e. The maximum atomic E-state index is 4.74. The number of hydroxylamine groups is 1. The minimum absolute atomic E-state index is 0.924. The molecule has 0 spiro atoms. The third-order valence-corrected chi connectivity index (χ3v) is 1.05. The average molecular weight is 116 g/mol. The van der Waals surface area contributed by atoms with Gasteiger partial charge in [-0.15, -0.1) is 0 Å². The summed E-state index contributed by atoms with van der Waals surface area (Å²) in [5.41, 5.74) is 0. The first kappa shape index (κ1) is 7.14. The third-order valence-electron chi connectivity index (χ3n) is 0.647. The minimum atomic E-state index is 0.924. The van der Waals surface area contributed by atoms with Gasteiger partial charge in [0.1, 0.15) is 0 Å². The van der Waals surface area contributed by atoms with Crippen molar-refractivity contribution in [2.24, 2.45) is 0 Å². The molecule has 0 rings (SSSR count). The molecule has 0 saturated heterocycles. The molecule has 7 heavy (non-hydrogen) atoms. The summed E-state index contributed by atoms with van der Waals surface area (Å²) < 4.78 is 1.61. The molecule has 0 bridgehead atoms. The fourth-order valence-electron chi connectivity index (χ4n) is 0.294. The van der Waals surface area contributed by atoms with Gasteiger partial charge in [0.2, 0.25) is 0 Å². The Hall–Kier alpha value is 0.137. The molecule has 0 amide bonds. The summed E-state index contributed by atoms with van der Waals surface area (Å²) >= 11 is 0. The normalized spacial score (nSPS) is 10.3. The van der Waals surface area contributed by atoms with Crippen molar-refractivity contribution in [3.63, 3.8) is 0 Å². The molecule has 0 aliphatic carbocycles. The molecule has 2 nitrogen and oxygen atoms in total. The first-order valence-electron chi connectivity index (χ1n) is 2.34. The SMILES string of the molecule is CCCN([Si])OC. The Morgan fingerprint density at radius 3 is 2.43 bits per heavy atom. The Balaban J connectivity index is 2.83. The molecule has 0 aromatic heterocycles. The van der Waals surface area contributed by atoms with Gasteiger partial charge in [0.05, 0.1) is 7.11 Å². The van der Waals surface area contributed by atoms with Crippen LogP contribution in [-0.4, -0.2) is 28.8 Å². The molecule has 0 heterocycles. The molecule has 0 atom stereocenters. The Kier molecular flexibility index (Phi) is 4.38. The zero-order chi connectivity index (χ0) is 5.70. The zero-order valence-corrected chi connectivity index (χ0v) is 5.77. The van der Waals surface area contributed by atoms with Crippen LogP contribution in [0.1, 0.15) is 13.3 Å². The second-order valence-corrected chi connectivity index (χ2v) is 1.78. The van der Waals surface area contributed by atoms with Gasteiger partial charge in [-0.2, -0.15) is 0 Å². The Morgan fingerprint density at radius 2 is 2.29 bits per heavy atom. The molecule has 0 aliphatic rings. The lowest BCUT2D eigenvalue weighted by Crippen LogP contribution is -2.18. The largest absolute Gasteiger partial charge is 0.310 e. The van der Waals surface area contributed by atoms with Crippen LogP contribution in [0.2, 0.25) is 0 Å². The highest BCUT2D eigenvalue weighted by Gasteiger charge is 1.87. The Bertz CT molecular complexity index is 42.7. The second kappa shape index (κ2) is 4.30. The molecule has 0 saturated carbocycles. The van der Waals surface area contributed by atoms with Crippen molar-refractivity contribution in [2.45, 2.75) is 13.3 Å². The summed E-state index contributed by atoms with van der Waals surface area (Å²) in [4.78, 5) is 4.74. The third kappa shape index (κ3) is 3.98. The zero-order valence-electron chi connectivity index (χ0n) is 4.77. The van der Waals surface area contributed by atoms with E-state index in [-0.39, 0.29) is 0 Å². The second-order valence-electron chi connectivity index (χ2n) is 1.28. The van der Waals surface area contributed by atoms with Gasteiger partial charge < -0.3 is 4.84 Å². The predicted octanol–water partition coefficient (Wildman–Crippen LogP) is 0.343. The van der Waals surface area contributed by atoms with Gasteiger partial charge in [-0.3, -0.25) is 0 Å². The van der Waals surface area contributed by atoms with Crippen LogP contribution in [0.25, 0.3) is 0 Å². The molecule has 41 valence electrons. The molecule has 0 aromatic rings. The average Bonchev–Trinajstić information content (AvgIpc) is 1.68. The summed E-state index contributed by atoms with van der Waals surface area (Å²) in [6, 6.07) is 0. The van der Waals surface area contributed by atoms with E-state index in [1.807, 2.05) is 0 Å². The molecule has 0 N–H and O–H groups in total. The van der Waals surface area contributed by atoms with Crippen LogP contribution in [0.3, 0.4) is 0 Å². The van der Waals surface area contributed by atoms with Gasteiger partial charge in [0.25, 0.3) is 0 Å². The van der Waals surface area contributed by atoms with E-state index in [2.05, 4.69) is 17.3 Å². The fourth-order valence-corrected chi connectivity index (χ4v) is 0.518. The van der Waals surface area contributed by atoms with Crippen molar-refractivity contribution >= 4 is 10.4 Å². The number of nitrogens with zero attached hydrogens (tertiary/aromatic N) is 1. The van der Waals surface area contributed by atoms with Crippen LogP contribution in [0, 0.1) is 0 Å². The first-order valence-corrected chi connectivity index (χ1v) is 2.78. The lowest BCUT2D eigenvalue weighted by atomic mass is 10.5. The molecule has 3 heteroatoms. The van der Waals surface area contributed by atoms with Crippen molar-refractivity contribution in [2.75, 3.05) is 13.7 Å². The van der Waals surface area contributed by atoms with Gasteiger partial charge >= 0.3 is 0 Å². The molecule has 0 aromatic carbocycles. The summed E-state index contributed by atoms with van der Waals surface area (Å²) in [6.07, 6.45) is 1.09. The highest BCUT2D eigenvalue weighted by molar-refractivity contribution is 6.03. The van der Waals surface area contributed by atoms with Crippen LogP contribution in [0.4, 0.5) is 0 Å². The van der Waals surface area contributed by atoms with E-state index in [9.17, 15) is 0 Å². The van der Waals surface area contributed by atoms with Gasteiger partial charge in [0.15, 0.2) is 10.4 Å². The Morgan fingerprint density at radius 1 is 1.71 bits per heavy atom. The van der Waals surface area contributed by atoms with Crippen LogP contribution < -0.4 is 0 Å². The van der Waals surface area contributed by atoms with E-state index in [0.717, 1.165) is 13.0 Å².